The number of benzene rings is 1. The van der Waals surface area contributed by atoms with Crippen molar-refractivity contribution in [2.75, 3.05) is 6.61 Å². The first-order valence-corrected chi connectivity index (χ1v) is 6.33. The van der Waals surface area contributed by atoms with E-state index in [4.69, 9.17) is 27.9 Å². The molecule has 2 rings (SSSR count). The average molecular weight is 297 g/mol. The van der Waals surface area contributed by atoms with Gasteiger partial charge in [0.2, 0.25) is 0 Å². The Morgan fingerprint density at radius 1 is 1.26 bits per heavy atom. The second-order valence-corrected chi connectivity index (χ2v) is 4.38. The molecule has 1 aromatic heterocycles. The number of esters is 1. The number of carbonyl (C=O) groups is 1. The van der Waals surface area contributed by atoms with E-state index in [-0.39, 0.29) is 16.3 Å². The summed E-state index contributed by atoms with van der Waals surface area (Å²) in [5.41, 5.74) is 1.74. The van der Waals surface area contributed by atoms with Crippen molar-refractivity contribution in [3.63, 3.8) is 0 Å². The maximum absolute atomic E-state index is 11.5. The Labute approximate surface area is 120 Å². The fourth-order valence-corrected chi connectivity index (χ4v) is 1.94. The normalized spacial score (nSPS) is 10.3. The summed E-state index contributed by atoms with van der Waals surface area (Å²) in [4.78, 5) is 19.5. The van der Waals surface area contributed by atoms with Gasteiger partial charge < -0.3 is 4.74 Å². The number of nitrogens with zero attached hydrogens (tertiary/aromatic N) is 2. The van der Waals surface area contributed by atoms with E-state index in [0.717, 1.165) is 5.56 Å². The van der Waals surface area contributed by atoms with Crippen LogP contribution in [0.4, 0.5) is 0 Å². The van der Waals surface area contributed by atoms with Crippen molar-refractivity contribution >= 4 is 29.2 Å². The summed E-state index contributed by atoms with van der Waals surface area (Å²) in [5.74, 6) is -0.359. The van der Waals surface area contributed by atoms with E-state index < -0.39 is 0 Å². The topological polar surface area (TPSA) is 52.1 Å². The van der Waals surface area contributed by atoms with E-state index in [1.54, 1.807) is 31.2 Å². The zero-order valence-electron chi connectivity index (χ0n) is 10.1. The van der Waals surface area contributed by atoms with Gasteiger partial charge in [-0.1, -0.05) is 35.3 Å². The molecule has 0 aliphatic carbocycles. The van der Waals surface area contributed by atoms with Crippen LogP contribution >= 0.6 is 23.2 Å². The van der Waals surface area contributed by atoms with Crippen LogP contribution in [-0.4, -0.2) is 22.5 Å². The summed E-state index contributed by atoms with van der Waals surface area (Å²) < 4.78 is 4.90. The van der Waals surface area contributed by atoms with Crippen LogP contribution in [0.2, 0.25) is 10.3 Å². The van der Waals surface area contributed by atoms with Crippen molar-refractivity contribution in [2.24, 2.45) is 0 Å². The molecule has 0 aliphatic heterocycles. The van der Waals surface area contributed by atoms with Crippen molar-refractivity contribution in [1.82, 2.24) is 9.97 Å². The molecule has 0 N–H and O–H groups in total. The van der Waals surface area contributed by atoms with Gasteiger partial charge in [-0.25, -0.2) is 14.8 Å². The van der Waals surface area contributed by atoms with Crippen molar-refractivity contribution in [2.45, 2.75) is 6.92 Å². The highest BCUT2D eigenvalue weighted by atomic mass is 35.5. The molecule has 98 valence electrons. The van der Waals surface area contributed by atoms with Crippen molar-refractivity contribution in [3.8, 4) is 11.3 Å². The second-order valence-electron chi connectivity index (χ2n) is 3.63. The number of ether oxygens (including phenoxy) is 1. The van der Waals surface area contributed by atoms with Crippen LogP contribution in [0.1, 0.15) is 17.3 Å². The highest BCUT2D eigenvalue weighted by Crippen LogP contribution is 2.25. The summed E-state index contributed by atoms with van der Waals surface area (Å²) in [6, 6.07) is 6.77. The highest BCUT2D eigenvalue weighted by Gasteiger charge is 2.10. The Bertz CT molecular complexity index is 600. The first kappa shape index (κ1) is 13.8. The van der Waals surface area contributed by atoms with E-state index in [0.29, 0.717) is 17.9 Å². The lowest BCUT2D eigenvalue weighted by Crippen LogP contribution is -2.04. The van der Waals surface area contributed by atoms with E-state index >= 15 is 0 Å². The van der Waals surface area contributed by atoms with Crippen LogP contribution in [0.3, 0.4) is 0 Å². The zero-order valence-corrected chi connectivity index (χ0v) is 11.6. The third-order valence-corrected chi connectivity index (χ3v) is 2.82. The van der Waals surface area contributed by atoms with Gasteiger partial charge in [-0.05, 0) is 19.1 Å². The minimum absolute atomic E-state index is 0.219. The van der Waals surface area contributed by atoms with E-state index in [2.05, 4.69) is 9.97 Å². The molecule has 0 amide bonds. The molecule has 19 heavy (non-hydrogen) atoms. The predicted octanol–water partition coefficient (Wildman–Crippen LogP) is 3.63. The van der Waals surface area contributed by atoms with Gasteiger partial charge in [-0.3, -0.25) is 0 Å². The molecule has 0 bridgehead atoms. The van der Waals surface area contributed by atoms with Crippen LogP contribution in [0.5, 0.6) is 0 Å². The summed E-state index contributed by atoms with van der Waals surface area (Å²) >= 11 is 11.7. The number of halogens is 2. The lowest BCUT2D eigenvalue weighted by molar-refractivity contribution is 0.0526. The first-order valence-electron chi connectivity index (χ1n) is 5.57. The van der Waals surface area contributed by atoms with Gasteiger partial charge in [0, 0.05) is 5.56 Å². The van der Waals surface area contributed by atoms with Crippen LogP contribution < -0.4 is 0 Å². The van der Waals surface area contributed by atoms with Crippen molar-refractivity contribution in [3.05, 3.63) is 46.3 Å². The molecule has 0 atom stereocenters. The van der Waals surface area contributed by atoms with Crippen LogP contribution in [-0.2, 0) is 4.74 Å². The number of hydrogen-bond acceptors (Lipinski definition) is 4. The lowest BCUT2D eigenvalue weighted by atomic mass is 10.1. The monoisotopic (exact) mass is 296 g/mol. The minimum Gasteiger partial charge on any atom is -0.462 e. The molecular weight excluding hydrogens is 287 g/mol. The third kappa shape index (κ3) is 3.22. The van der Waals surface area contributed by atoms with Gasteiger partial charge in [0.15, 0.2) is 5.15 Å². The molecule has 0 radical (unpaired) electrons. The number of carbonyl (C=O) groups excluding carboxylic acids is 1. The van der Waals surface area contributed by atoms with Gasteiger partial charge in [0.1, 0.15) is 10.8 Å². The molecule has 1 aromatic carbocycles. The molecular formula is C13H10Cl2N2O2. The van der Waals surface area contributed by atoms with Crippen LogP contribution in [0, 0.1) is 0 Å². The number of hydrogen-bond donors (Lipinski definition) is 0. The molecule has 2 aromatic rings. The maximum Gasteiger partial charge on any atom is 0.338 e. The summed E-state index contributed by atoms with van der Waals surface area (Å²) in [6.07, 6.45) is 1.42. The molecule has 0 saturated heterocycles. The third-order valence-electron chi connectivity index (χ3n) is 2.37. The molecule has 0 spiro atoms. The molecule has 1 heterocycles. The predicted molar refractivity (Wildman–Crippen MR) is 73.4 cm³/mol. The molecule has 0 saturated carbocycles. The highest BCUT2D eigenvalue weighted by molar-refractivity contribution is 6.33. The lowest BCUT2D eigenvalue weighted by Gasteiger charge is -2.05. The Hall–Kier alpha value is -1.65. The van der Waals surface area contributed by atoms with E-state index in [1.807, 2.05) is 0 Å². The van der Waals surface area contributed by atoms with Crippen LogP contribution in [0.25, 0.3) is 11.3 Å². The molecule has 0 aliphatic rings. The van der Waals surface area contributed by atoms with Gasteiger partial charge in [0.05, 0.1) is 18.4 Å². The van der Waals surface area contributed by atoms with E-state index in [9.17, 15) is 4.79 Å². The maximum atomic E-state index is 11.5. The fraction of sp³-hybridized carbons (Fsp3) is 0.154. The van der Waals surface area contributed by atoms with Crippen molar-refractivity contribution < 1.29 is 9.53 Å². The molecule has 6 heteroatoms. The summed E-state index contributed by atoms with van der Waals surface area (Å²) in [7, 11) is 0. The number of aromatic nitrogens is 2. The SMILES string of the molecule is CCOC(=O)c1ccc(-c2ncc(Cl)nc2Cl)cc1. The Morgan fingerprint density at radius 3 is 2.53 bits per heavy atom. The quantitative estimate of drug-likeness (QED) is 0.812. The summed E-state index contributed by atoms with van der Waals surface area (Å²) in [5, 5.41) is 0.452. The molecule has 0 fully saturated rings. The Morgan fingerprint density at radius 2 is 1.95 bits per heavy atom. The van der Waals surface area contributed by atoms with Gasteiger partial charge >= 0.3 is 5.97 Å². The Balaban J connectivity index is 2.30. The average Bonchev–Trinajstić information content (AvgIpc) is 2.39. The number of rotatable bonds is 3. The second kappa shape index (κ2) is 5.99. The minimum atomic E-state index is -0.359. The summed E-state index contributed by atoms with van der Waals surface area (Å²) in [6.45, 7) is 2.10. The van der Waals surface area contributed by atoms with Gasteiger partial charge in [0.25, 0.3) is 0 Å². The van der Waals surface area contributed by atoms with Crippen molar-refractivity contribution in [1.29, 1.82) is 0 Å². The van der Waals surface area contributed by atoms with Crippen LogP contribution in [0.15, 0.2) is 30.5 Å². The molecule has 0 unspecified atom stereocenters. The zero-order chi connectivity index (χ0) is 13.8. The Kier molecular flexibility index (Phi) is 4.35. The largest absolute Gasteiger partial charge is 0.462 e. The van der Waals surface area contributed by atoms with E-state index in [1.165, 1.54) is 6.20 Å². The smallest absolute Gasteiger partial charge is 0.338 e. The fourth-order valence-electron chi connectivity index (χ4n) is 1.52. The molecule has 4 nitrogen and oxygen atoms in total. The first-order chi connectivity index (χ1) is 9.11. The van der Waals surface area contributed by atoms with Gasteiger partial charge in [-0.15, -0.1) is 0 Å². The van der Waals surface area contributed by atoms with Gasteiger partial charge in [-0.2, -0.15) is 0 Å². The standard InChI is InChI=1S/C13H10Cl2N2O2/c1-2-19-13(18)9-5-3-8(4-6-9)11-12(15)17-10(14)7-16-11/h3-7H,2H2,1H3.